The fourth-order valence-corrected chi connectivity index (χ4v) is 4.17. The topological polar surface area (TPSA) is 79.1 Å². The van der Waals surface area contributed by atoms with Gasteiger partial charge in [-0.15, -0.1) is 0 Å². The Bertz CT molecular complexity index is 1130. The van der Waals surface area contributed by atoms with E-state index in [1.165, 1.54) is 24.0 Å². The van der Waals surface area contributed by atoms with Gasteiger partial charge in [-0.1, -0.05) is 36.8 Å². The van der Waals surface area contributed by atoms with Crippen molar-refractivity contribution in [2.75, 3.05) is 20.8 Å². The number of aromatic nitrogens is 1. The zero-order valence-electron chi connectivity index (χ0n) is 17.9. The van der Waals surface area contributed by atoms with Gasteiger partial charge in [-0.25, -0.2) is 0 Å². The Hall–Kier alpha value is -3.13. The van der Waals surface area contributed by atoms with Gasteiger partial charge in [0.25, 0.3) is 5.91 Å². The second-order valence-corrected chi connectivity index (χ2v) is 7.93. The number of esters is 1. The molecule has 0 aliphatic rings. The number of thiazole rings is 1. The van der Waals surface area contributed by atoms with E-state index in [1.807, 2.05) is 6.07 Å². The summed E-state index contributed by atoms with van der Waals surface area (Å²) < 4.78 is 18.2. The van der Waals surface area contributed by atoms with Crippen LogP contribution < -0.4 is 14.3 Å². The van der Waals surface area contributed by atoms with Crippen molar-refractivity contribution in [3.63, 3.8) is 0 Å². The van der Waals surface area contributed by atoms with E-state index >= 15 is 0 Å². The molecule has 0 aliphatic heterocycles. The van der Waals surface area contributed by atoms with Crippen molar-refractivity contribution in [2.24, 2.45) is 4.99 Å². The first-order valence-corrected chi connectivity index (χ1v) is 10.9. The molecule has 0 bridgehead atoms. The maximum atomic E-state index is 12.5. The van der Waals surface area contributed by atoms with Crippen molar-refractivity contribution in [1.29, 1.82) is 0 Å². The van der Waals surface area contributed by atoms with E-state index in [-0.39, 0.29) is 13.2 Å². The lowest BCUT2D eigenvalue weighted by Gasteiger charge is -2.06. The molecular weight excluding hydrogens is 416 g/mol. The Morgan fingerprint density at radius 3 is 2.65 bits per heavy atom. The third-order valence-corrected chi connectivity index (χ3v) is 5.75. The summed E-state index contributed by atoms with van der Waals surface area (Å²) in [5.74, 6) is 0.305. The van der Waals surface area contributed by atoms with Crippen LogP contribution in [0.4, 0.5) is 0 Å². The van der Waals surface area contributed by atoms with Crippen molar-refractivity contribution in [3.05, 3.63) is 52.8 Å². The number of methoxy groups -OCH3 is 2. The number of hydrogen-bond acceptors (Lipinski definition) is 6. The van der Waals surface area contributed by atoms with Gasteiger partial charge in [-0.05, 0) is 42.7 Å². The number of carbonyl (C=O) groups is 2. The van der Waals surface area contributed by atoms with Crippen LogP contribution in [-0.2, 0) is 27.3 Å². The van der Waals surface area contributed by atoms with E-state index in [0.717, 1.165) is 29.5 Å². The average molecular weight is 443 g/mol. The SMILES string of the molecule is CCCCc1ccc2c(c1)sc(=NC(=O)COc1cccc(OC)c1)n2CC(=O)OC. The fraction of sp³-hybridized carbons (Fsp3) is 0.348. The van der Waals surface area contributed by atoms with Crippen molar-refractivity contribution in [1.82, 2.24) is 4.57 Å². The molecule has 0 saturated heterocycles. The molecule has 8 heteroatoms. The molecule has 1 amide bonds. The molecule has 1 aromatic heterocycles. The lowest BCUT2D eigenvalue weighted by atomic mass is 10.1. The lowest BCUT2D eigenvalue weighted by molar-refractivity contribution is -0.141. The van der Waals surface area contributed by atoms with Crippen LogP contribution in [0.2, 0.25) is 0 Å². The van der Waals surface area contributed by atoms with Gasteiger partial charge in [0, 0.05) is 6.07 Å². The van der Waals surface area contributed by atoms with Gasteiger partial charge in [0.2, 0.25) is 0 Å². The number of carbonyl (C=O) groups excluding carboxylic acids is 2. The normalized spacial score (nSPS) is 11.5. The number of unbranched alkanes of at least 4 members (excludes halogenated alkanes) is 1. The Morgan fingerprint density at radius 2 is 1.90 bits per heavy atom. The molecule has 0 saturated carbocycles. The summed E-state index contributed by atoms with van der Waals surface area (Å²) in [4.78, 5) is 29.1. The van der Waals surface area contributed by atoms with E-state index in [1.54, 1.807) is 35.9 Å². The molecule has 7 nitrogen and oxygen atoms in total. The van der Waals surface area contributed by atoms with Crippen LogP contribution in [0, 0.1) is 0 Å². The number of ether oxygens (including phenoxy) is 3. The summed E-state index contributed by atoms with van der Waals surface area (Å²) in [6, 6.07) is 13.1. The van der Waals surface area contributed by atoms with Gasteiger partial charge in [0.1, 0.15) is 18.0 Å². The average Bonchev–Trinajstić information content (AvgIpc) is 3.12. The minimum Gasteiger partial charge on any atom is -0.497 e. The highest BCUT2D eigenvalue weighted by Gasteiger charge is 2.13. The molecule has 164 valence electrons. The smallest absolute Gasteiger partial charge is 0.325 e. The van der Waals surface area contributed by atoms with Crippen LogP contribution >= 0.6 is 11.3 Å². The first-order valence-electron chi connectivity index (χ1n) is 10.1. The summed E-state index contributed by atoms with van der Waals surface area (Å²) in [5.41, 5.74) is 2.07. The Kier molecular flexibility index (Phi) is 7.83. The first kappa shape index (κ1) is 22.6. The third-order valence-electron chi connectivity index (χ3n) is 4.70. The van der Waals surface area contributed by atoms with Crippen molar-refractivity contribution in [3.8, 4) is 11.5 Å². The largest absolute Gasteiger partial charge is 0.497 e. The summed E-state index contributed by atoms with van der Waals surface area (Å²) in [7, 11) is 2.90. The van der Waals surface area contributed by atoms with Gasteiger partial charge < -0.3 is 18.8 Å². The number of nitrogens with zero attached hydrogens (tertiary/aromatic N) is 2. The van der Waals surface area contributed by atoms with Gasteiger partial charge in [0.15, 0.2) is 11.4 Å². The highest BCUT2D eigenvalue weighted by atomic mass is 32.1. The number of fused-ring (bicyclic) bond motifs is 1. The molecule has 0 spiro atoms. The Balaban J connectivity index is 1.88. The first-order chi connectivity index (χ1) is 15.0. The molecule has 31 heavy (non-hydrogen) atoms. The zero-order valence-corrected chi connectivity index (χ0v) is 18.7. The highest BCUT2D eigenvalue weighted by molar-refractivity contribution is 7.16. The standard InChI is InChI=1S/C23H26N2O5S/c1-4-5-7-16-10-11-19-20(12-16)31-23(25(19)14-22(27)29-3)24-21(26)15-30-18-9-6-8-17(13-18)28-2/h6,8-13H,4-5,7,14-15H2,1-3H3. The summed E-state index contributed by atoms with van der Waals surface area (Å²) in [6.07, 6.45) is 3.21. The fourth-order valence-electron chi connectivity index (χ4n) is 3.06. The summed E-state index contributed by atoms with van der Waals surface area (Å²) in [5, 5.41) is 0. The van der Waals surface area contributed by atoms with Crippen LogP contribution in [0.15, 0.2) is 47.5 Å². The van der Waals surface area contributed by atoms with Crippen LogP contribution in [-0.4, -0.2) is 37.3 Å². The monoisotopic (exact) mass is 442 g/mol. The number of amides is 1. The maximum Gasteiger partial charge on any atom is 0.325 e. The predicted molar refractivity (Wildman–Crippen MR) is 120 cm³/mol. The van der Waals surface area contributed by atoms with Gasteiger partial charge in [-0.3, -0.25) is 9.59 Å². The summed E-state index contributed by atoms with van der Waals surface area (Å²) in [6.45, 7) is 1.92. The maximum absolute atomic E-state index is 12.5. The second kappa shape index (κ2) is 10.8. The molecule has 0 N–H and O–H groups in total. The van der Waals surface area contributed by atoms with Crippen LogP contribution in [0.5, 0.6) is 11.5 Å². The van der Waals surface area contributed by atoms with Gasteiger partial charge in [0.05, 0.1) is 24.4 Å². The summed E-state index contributed by atoms with van der Waals surface area (Å²) >= 11 is 1.37. The van der Waals surface area contributed by atoms with Crippen LogP contribution in [0.25, 0.3) is 10.2 Å². The number of benzene rings is 2. The molecule has 0 atom stereocenters. The van der Waals surface area contributed by atoms with Gasteiger partial charge >= 0.3 is 5.97 Å². The highest BCUT2D eigenvalue weighted by Crippen LogP contribution is 2.21. The molecule has 0 aliphatic carbocycles. The molecule has 3 rings (SSSR count). The molecule has 3 aromatic rings. The molecule has 0 radical (unpaired) electrons. The predicted octanol–water partition coefficient (Wildman–Crippen LogP) is 3.73. The Morgan fingerprint density at radius 1 is 1.10 bits per heavy atom. The third kappa shape index (κ3) is 5.95. The van der Waals surface area contributed by atoms with E-state index in [2.05, 4.69) is 24.0 Å². The number of hydrogen-bond donors (Lipinski definition) is 0. The molecule has 2 aromatic carbocycles. The van der Waals surface area contributed by atoms with E-state index in [9.17, 15) is 9.59 Å². The Labute approximate surface area is 184 Å². The van der Waals surface area contributed by atoms with Crippen molar-refractivity contribution < 1.29 is 23.8 Å². The van der Waals surface area contributed by atoms with Crippen molar-refractivity contribution >= 4 is 33.4 Å². The number of aryl methyl sites for hydroxylation is 1. The van der Waals surface area contributed by atoms with Gasteiger partial charge in [-0.2, -0.15) is 4.99 Å². The minimum absolute atomic E-state index is 0.0202. The van der Waals surface area contributed by atoms with E-state index in [0.29, 0.717) is 16.3 Å². The van der Waals surface area contributed by atoms with Crippen LogP contribution in [0.1, 0.15) is 25.3 Å². The van der Waals surface area contributed by atoms with E-state index < -0.39 is 11.9 Å². The zero-order chi connectivity index (χ0) is 22.2. The molecule has 1 heterocycles. The van der Waals surface area contributed by atoms with E-state index in [4.69, 9.17) is 14.2 Å². The molecular formula is C23H26N2O5S. The van der Waals surface area contributed by atoms with Crippen LogP contribution in [0.3, 0.4) is 0 Å². The molecule has 0 unspecified atom stereocenters. The quantitative estimate of drug-likeness (QED) is 0.472. The second-order valence-electron chi connectivity index (χ2n) is 6.93. The van der Waals surface area contributed by atoms with Crippen molar-refractivity contribution in [2.45, 2.75) is 32.7 Å². The lowest BCUT2D eigenvalue weighted by Crippen LogP contribution is -2.23. The molecule has 0 fully saturated rings. The number of rotatable bonds is 9. The minimum atomic E-state index is -0.445.